The highest BCUT2D eigenvalue weighted by Crippen LogP contribution is 2.24. The summed E-state index contributed by atoms with van der Waals surface area (Å²) in [5.41, 5.74) is 2.91. The van der Waals surface area contributed by atoms with Crippen molar-refractivity contribution in [2.75, 3.05) is 24.5 Å². The molecule has 0 saturated carbocycles. The van der Waals surface area contributed by atoms with Crippen molar-refractivity contribution >= 4 is 5.69 Å². The molecule has 2 rings (SSSR count). The Morgan fingerprint density at radius 1 is 1.14 bits per heavy atom. The Balaban J connectivity index is 1.85. The minimum absolute atomic E-state index is 0.837. The van der Waals surface area contributed by atoms with E-state index in [-0.39, 0.29) is 0 Å². The van der Waals surface area contributed by atoms with Gasteiger partial charge < -0.3 is 10.2 Å². The molecule has 1 aliphatic heterocycles. The van der Waals surface area contributed by atoms with Crippen LogP contribution in [-0.4, -0.2) is 19.6 Å². The van der Waals surface area contributed by atoms with Gasteiger partial charge in [0.15, 0.2) is 0 Å². The van der Waals surface area contributed by atoms with Crippen LogP contribution in [0.3, 0.4) is 0 Å². The van der Waals surface area contributed by atoms with E-state index in [1.807, 2.05) is 0 Å². The lowest BCUT2D eigenvalue weighted by Crippen LogP contribution is -2.25. The molecule has 2 nitrogen and oxygen atoms in total. The molecule has 0 aliphatic carbocycles. The van der Waals surface area contributed by atoms with Crippen LogP contribution >= 0.6 is 0 Å². The van der Waals surface area contributed by atoms with E-state index >= 15 is 0 Å². The first-order valence-corrected chi connectivity index (χ1v) is 8.88. The van der Waals surface area contributed by atoms with Gasteiger partial charge in [-0.3, -0.25) is 0 Å². The van der Waals surface area contributed by atoms with E-state index in [9.17, 15) is 0 Å². The third-order valence-electron chi connectivity index (χ3n) is 4.73. The zero-order valence-electron chi connectivity index (χ0n) is 13.9. The summed E-state index contributed by atoms with van der Waals surface area (Å²) >= 11 is 0. The monoisotopic (exact) mass is 288 g/mol. The molecular formula is C19H32N2. The fraction of sp³-hybridized carbons (Fsp3) is 0.684. The first-order valence-electron chi connectivity index (χ1n) is 8.88. The van der Waals surface area contributed by atoms with Gasteiger partial charge in [-0.15, -0.1) is 0 Å². The van der Waals surface area contributed by atoms with E-state index in [1.165, 1.54) is 62.9 Å². The number of nitrogens with zero attached hydrogens (tertiary/aromatic N) is 1. The maximum Gasteiger partial charge on any atom is 0.0411 e. The Morgan fingerprint density at radius 2 is 1.90 bits per heavy atom. The largest absolute Gasteiger partial charge is 0.371 e. The van der Waals surface area contributed by atoms with Gasteiger partial charge in [0.05, 0.1) is 0 Å². The highest BCUT2D eigenvalue weighted by atomic mass is 15.1. The third-order valence-corrected chi connectivity index (χ3v) is 4.73. The van der Waals surface area contributed by atoms with Crippen LogP contribution in [0.1, 0.15) is 57.9 Å². The van der Waals surface area contributed by atoms with Gasteiger partial charge in [-0.2, -0.15) is 0 Å². The lowest BCUT2D eigenvalue weighted by Gasteiger charge is -2.22. The number of hydrogen-bond acceptors (Lipinski definition) is 2. The standard InChI is InChI=1S/C19H32N2/c1-3-5-10-17(4-2)15-20-16-18-11-6-7-12-19(18)21-13-8-9-14-21/h6-7,11-12,17,20H,3-5,8-10,13-16H2,1-2H3. The van der Waals surface area contributed by atoms with Crippen molar-refractivity contribution in [1.29, 1.82) is 0 Å². The first kappa shape index (κ1) is 16.4. The third kappa shape index (κ3) is 5.03. The molecule has 1 unspecified atom stereocenters. The van der Waals surface area contributed by atoms with Gasteiger partial charge in [-0.05, 0) is 43.4 Å². The molecule has 1 aromatic rings. The second-order valence-electron chi connectivity index (χ2n) is 6.37. The first-order chi connectivity index (χ1) is 10.3. The SMILES string of the molecule is CCCCC(CC)CNCc1ccccc1N1CCCC1. The topological polar surface area (TPSA) is 15.3 Å². The van der Waals surface area contributed by atoms with Gasteiger partial charge in [0.2, 0.25) is 0 Å². The summed E-state index contributed by atoms with van der Waals surface area (Å²) in [6.45, 7) is 9.23. The van der Waals surface area contributed by atoms with Gasteiger partial charge in [0.25, 0.3) is 0 Å². The van der Waals surface area contributed by atoms with Gasteiger partial charge >= 0.3 is 0 Å². The average molecular weight is 288 g/mol. The van der Waals surface area contributed by atoms with E-state index in [4.69, 9.17) is 0 Å². The molecule has 1 aliphatic rings. The van der Waals surface area contributed by atoms with Crippen LogP contribution in [0.5, 0.6) is 0 Å². The van der Waals surface area contributed by atoms with Crippen molar-refractivity contribution in [3.05, 3.63) is 29.8 Å². The molecule has 0 aromatic heterocycles. The minimum Gasteiger partial charge on any atom is -0.371 e. The van der Waals surface area contributed by atoms with E-state index in [0.717, 1.165) is 19.0 Å². The molecule has 0 amide bonds. The molecule has 0 spiro atoms. The van der Waals surface area contributed by atoms with E-state index in [1.54, 1.807) is 0 Å². The summed E-state index contributed by atoms with van der Waals surface area (Å²) in [6, 6.07) is 8.92. The van der Waals surface area contributed by atoms with Crippen LogP contribution in [0.15, 0.2) is 24.3 Å². The molecule has 1 aromatic carbocycles. The predicted molar refractivity (Wildman–Crippen MR) is 92.9 cm³/mol. The van der Waals surface area contributed by atoms with Crippen LogP contribution in [-0.2, 0) is 6.54 Å². The van der Waals surface area contributed by atoms with Crippen LogP contribution in [0, 0.1) is 5.92 Å². The summed E-state index contributed by atoms with van der Waals surface area (Å²) in [5, 5.41) is 3.70. The number of para-hydroxylation sites is 1. The Hall–Kier alpha value is -1.02. The number of unbranched alkanes of at least 4 members (excludes halogenated alkanes) is 1. The highest BCUT2D eigenvalue weighted by Gasteiger charge is 2.15. The maximum absolute atomic E-state index is 3.70. The molecular weight excluding hydrogens is 256 g/mol. The molecule has 0 radical (unpaired) electrons. The summed E-state index contributed by atoms with van der Waals surface area (Å²) in [7, 11) is 0. The summed E-state index contributed by atoms with van der Waals surface area (Å²) < 4.78 is 0. The Kier molecular flexibility index (Phi) is 7.08. The predicted octanol–water partition coefficient (Wildman–Crippen LogP) is 4.59. The van der Waals surface area contributed by atoms with Gasteiger partial charge in [-0.25, -0.2) is 0 Å². The Bertz CT molecular complexity index is 396. The molecule has 1 saturated heterocycles. The van der Waals surface area contributed by atoms with Gasteiger partial charge in [-0.1, -0.05) is 51.3 Å². The number of nitrogens with one attached hydrogen (secondary N) is 1. The number of benzene rings is 1. The quantitative estimate of drug-likeness (QED) is 0.715. The lowest BCUT2D eigenvalue weighted by atomic mass is 9.99. The molecule has 21 heavy (non-hydrogen) atoms. The number of anilines is 1. The summed E-state index contributed by atoms with van der Waals surface area (Å²) in [6.07, 6.45) is 8.03. The van der Waals surface area contributed by atoms with Crippen molar-refractivity contribution in [3.8, 4) is 0 Å². The smallest absolute Gasteiger partial charge is 0.0411 e. The highest BCUT2D eigenvalue weighted by molar-refractivity contribution is 5.54. The van der Waals surface area contributed by atoms with E-state index in [2.05, 4.69) is 48.3 Å². The van der Waals surface area contributed by atoms with Crippen LogP contribution in [0.2, 0.25) is 0 Å². The van der Waals surface area contributed by atoms with Crippen molar-refractivity contribution < 1.29 is 0 Å². The lowest BCUT2D eigenvalue weighted by molar-refractivity contribution is 0.419. The second-order valence-corrected chi connectivity index (χ2v) is 6.37. The van der Waals surface area contributed by atoms with E-state index in [0.29, 0.717) is 0 Å². The van der Waals surface area contributed by atoms with Crippen LogP contribution in [0.25, 0.3) is 0 Å². The second kappa shape index (κ2) is 9.09. The molecule has 2 heteroatoms. The van der Waals surface area contributed by atoms with E-state index < -0.39 is 0 Å². The molecule has 1 fully saturated rings. The minimum atomic E-state index is 0.837. The molecule has 1 heterocycles. The fourth-order valence-corrected chi connectivity index (χ4v) is 3.28. The average Bonchev–Trinajstić information content (AvgIpc) is 3.05. The van der Waals surface area contributed by atoms with Crippen LogP contribution < -0.4 is 10.2 Å². The van der Waals surface area contributed by atoms with Crippen molar-refractivity contribution in [2.24, 2.45) is 5.92 Å². The molecule has 1 N–H and O–H groups in total. The molecule has 0 bridgehead atoms. The number of rotatable bonds is 9. The van der Waals surface area contributed by atoms with Crippen molar-refractivity contribution in [3.63, 3.8) is 0 Å². The maximum atomic E-state index is 3.70. The van der Waals surface area contributed by atoms with Crippen molar-refractivity contribution in [1.82, 2.24) is 5.32 Å². The molecule has 1 atom stereocenters. The number of hydrogen-bond donors (Lipinski definition) is 1. The van der Waals surface area contributed by atoms with Crippen LogP contribution in [0.4, 0.5) is 5.69 Å². The summed E-state index contributed by atoms with van der Waals surface area (Å²) in [4.78, 5) is 2.55. The Morgan fingerprint density at radius 3 is 2.62 bits per heavy atom. The Labute approximate surface area is 130 Å². The zero-order chi connectivity index (χ0) is 14.9. The molecule has 118 valence electrons. The summed E-state index contributed by atoms with van der Waals surface area (Å²) in [5.74, 6) is 0.837. The van der Waals surface area contributed by atoms with Gasteiger partial charge in [0, 0.05) is 25.3 Å². The normalized spacial score (nSPS) is 16.4. The zero-order valence-corrected chi connectivity index (χ0v) is 13.9. The van der Waals surface area contributed by atoms with Crippen molar-refractivity contribution in [2.45, 2.75) is 58.9 Å². The fourth-order valence-electron chi connectivity index (χ4n) is 3.28. The van der Waals surface area contributed by atoms with Gasteiger partial charge in [0.1, 0.15) is 0 Å².